The molecule has 2 heterocycles. The van der Waals surface area contributed by atoms with Crippen LogP contribution < -0.4 is 0 Å². The fraction of sp³-hybridized carbons (Fsp3) is 0. The van der Waals surface area contributed by atoms with Crippen molar-refractivity contribution in [2.24, 2.45) is 0 Å². The maximum Gasteiger partial charge on any atom is 0.135 e. The van der Waals surface area contributed by atoms with Gasteiger partial charge in [0.25, 0.3) is 0 Å². The number of para-hydroxylation sites is 2. The van der Waals surface area contributed by atoms with Crippen molar-refractivity contribution in [3.63, 3.8) is 0 Å². The molecule has 1 aliphatic carbocycles. The van der Waals surface area contributed by atoms with E-state index in [1.807, 2.05) is 24.3 Å². The summed E-state index contributed by atoms with van der Waals surface area (Å²) in [6, 6.07) is 75.7. The maximum atomic E-state index is 6.26. The van der Waals surface area contributed by atoms with Gasteiger partial charge in [-0.15, -0.1) is 0 Å². The average Bonchev–Trinajstić information content (AvgIpc) is 3.91. The van der Waals surface area contributed by atoms with Gasteiger partial charge in [-0.1, -0.05) is 146 Å². The van der Waals surface area contributed by atoms with E-state index < -0.39 is 0 Å². The quantitative estimate of drug-likeness (QED) is 0.163. The van der Waals surface area contributed by atoms with E-state index in [2.05, 4.69) is 182 Å². The Balaban J connectivity index is 1.07. The van der Waals surface area contributed by atoms with Gasteiger partial charge in [-0.3, -0.25) is 0 Å². The molecule has 0 unspecified atom stereocenters. The molecule has 2 heteroatoms. The van der Waals surface area contributed by atoms with E-state index >= 15 is 0 Å². The van der Waals surface area contributed by atoms with Crippen LogP contribution in [0.2, 0.25) is 0 Å². The number of furan rings is 2. The monoisotopic (exact) mass is 786 g/mol. The summed E-state index contributed by atoms with van der Waals surface area (Å²) in [6.07, 6.45) is 0. The van der Waals surface area contributed by atoms with Crippen molar-refractivity contribution >= 4 is 76.2 Å². The standard InChI is InChI=1S/C60H34O2/c1-3-13-41-39(11-1)40-12-2-4-14-42(40)52-34-54-46-26-22-36(38-24-28-60-56(32-38)48-18-8-10-20-58(48)62-60)30-50(46)45-25-21-35(29-49(45)43-15-5-6-16-44(43)53(54)33-51(41)52)37-23-27-59-55(31-37)47-17-7-9-19-57(47)61-59/h1-34H. The highest BCUT2D eigenvalue weighted by molar-refractivity contribution is 6.27. The number of fused-ring (bicyclic) bond motifs is 20. The normalized spacial score (nSPS) is 12.2. The van der Waals surface area contributed by atoms with Gasteiger partial charge in [-0.2, -0.15) is 0 Å². The SMILES string of the molecule is c1ccc2c(c1)-c1cc(-c3ccc4oc5ccccc5c4c3)ccc1-c1cc(-c3ccc4oc5ccccc5c4c3)ccc1-c1cc3c4ccccc4c4ccccc4c3cc1-2. The van der Waals surface area contributed by atoms with Crippen molar-refractivity contribution in [1.82, 2.24) is 0 Å². The molecule has 0 spiro atoms. The molecule has 11 aromatic carbocycles. The van der Waals surface area contributed by atoms with Crippen molar-refractivity contribution in [3.8, 4) is 66.8 Å². The number of hydrogen-bond donors (Lipinski definition) is 0. The molecule has 13 aromatic rings. The molecule has 0 amide bonds. The Labute approximate surface area is 356 Å². The van der Waals surface area contributed by atoms with E-state index in [0.717, 1.165) is 66.1 Å². The largest absolute Gasteiger partial charge is 0.456 e. The first kappa shape index (κ1) is 33.6. The van der Waals surface area contributed by atoms with Gasteiger partial charge in [0.2, 0.25) is 0 Å². The van der Waals surface area contributed by atoms with Crippen molar-refractivity contribution in [2.45, 2.75) is 0 Å². The molecule has 62 heavy (non-hydrogen) atoms. The third kappa shape index (κ3) is 4.80. The van der Waals surface area contributed by atoms with Gasteiger partial charge in [0, 0.05) is 21.5 Å². The molecule has 286 valence electrons. The van der Waals surface area contributed by atoms with Gasteiger partial charge >= 0.3 is 0 Å². The van der Waals surface area contributed by atoms with E-state index in [-0.39, 0.29) is 0 Å². The minimum Gasteiger partial charge on any atom is -0.456 e. The van der Waals surface area contributed by atoms with Crippen LogP contribution in [0.1, 0.15) is 0 Å². The lowest BCUT2D eigenvalue weighted by atomic mass is 9.78. The lowest BCUT2D eigenvalue weighted by molar-refractivity contribution is 0.668. The van der Waals surface area contributed by atoms with Crippen LogP contribution in [0.3, 0.4) is 0 Å². The van der Waals surface area contributed by atoms with Crippen LogP contribution in [0, 0.1) is 0 Å². The summed E-state index contributed by atoms with van der Waals surface area (Å²) in [6.45, 7) is 0. The summed E-state index contributed by atoms with van der Waals surface area (Å²) in [5.74, 6) is 0. The summed E-state index contributed by atoms with van der Waals surface area (Å²) in [4.78, 5) is 0. The zero-order valence-electron chi connectivity index (χ0n) is 33.4. The van der Waals surface area contributed by atoms with Gasteiger partial charge < -0.3 is 8.83 Å². The fourth-order valence-corrected chi connectivity index (χ4v) is 10.5. The third-order valence-corrected chi connectivity index (χ3v) is 13.4. The fourth-order valence-electron chi connectivity index (χ4n) is 10.5. The van der Waals surface area contributed by atoms with Crippen LogP contribution in [0.5, 0.6) is 0 Å². The van der Waals surface area contributed by atoms with Gasteiger partial charge in [0.1, 0.15) is 22.3 Å². The second-order valence-corrected chi connectivity index (χ2v) is 16.7. The topological polar surface area (TPSA) is 26.3 Å². The predicted molar refractivity (Wildman–Crippen MR) is 260 cm³/mol. The molecule has 0 aliphatic heterocycles. The molecule has 0 atom stereocenters. The molecule has 0 radical (unpaired) electrons. The van der Waals surface area contributed by atoms with Crippen LogP contribution in [0.25, 0.3) is 143 Å². The van der Waals surface area contributed by atoms with Crippen molar-refractivity contribution < 1.29 is 8.83 Å². The summed E-state index contributed by atoms with van der Waals surface area (Å²) < 4.78 is 12.5. The first-order valence-electron chi connectivity index (χ1n) is 21.3. The molecule has 0 saturated carbocycles. The average molecular weight is 787 g/mol. The van der Waals surface area contributed by atoms with Crippen LogP contribution in [-0.2, 0) is 0 Å². The van der Waals surface area contributed by atoms with E-state index in [9.17, 15) is 0 Å². The highest BCUT2D eigenvalue weighted by atomic mass is 16.3. The Bertz CT molecular complexity index is 4050. The van der Waals surface area contributed by atoms with E-state index in [4.69, 9.17) is 8.83 Å². The molecule has 2 aromatic heterocycles. The number of benzene rings is 11. The summed E-state index contributed by atoms with van der Waals surface area (Å²) in [5, 5.41) is 12.1. The van der Waals surface area contributed by atoms with Crippen molar-refractivity contribution in [2.75, 3.05) is 0 Å². The van der Waals surface area contributed by atoms with Gasteiger partial charge in [-0.25, -0.2) is 0 Å². The second kappa shape index (κ2) is 12.7. The van der Waals surface area contributed by atoms with Crippen molar-refractivity contribution in [3.05, 3.63) is 206 Å². The molecular formula is C60H34O2. The van der Waals surface area contributed by atoms with Crippen molar-refractivity contribution in [1.29, 1.82) is 0 Å². The Kier molecular flexibility index (Phi) is 6.86. The highest BCUT2D eigenvalue weighted by Crippen LogP contribution is 2.52. The Hall–Kier alpha value is -8.20. The summed E-state index contributed by atoms with van der Waals surface area (Å²) in [7, 11) is 0. The molecule has 0 bridgehead atoms. The smallest absolute Gasteiger partial charge is 0.135 e. The zero-order chi connectivity index (χ0) is 40.5. The van der Waals surface area contributed by atoms with Crippen LogP contribution in [-0.4, -0.2) is 0 Å². The third-order valence-electron chi connectivity index (χ3n) is 13.4. The minimum absolute atomic E-state index is 0.901. The summed E-state index contributed by atoms with van der Waals surface area (Å²) in [5.41, 5.74) is 18.0. The van der Waals surface area contributed by atoms with Crippen LogP contribution in [0.4, 0.5) is 0 Å². The molecule has 0 N–H and O–H groups in total. The first-order chi connectivity index (χ1) is 30.7. The minimum atomic E-state index is 0.901. The van der Waals surface area contributed by atoms with Gasteiger partial charge in [-0.05, 0) is 160 Å². The molecule has 0 saturated heterocycles. The number of rotatable bonds is 2. The molecule has 14 rings (SSSR count). The van der Waals surface area contributed by atoms with Gasteiger partial charge in [0.05, 0.1) is 0 Å². The molecule has 0 fully saturated rings. The maximum absolute atomic E-state index is 6.26. The Morgan fingerprint density at radius 2 is 0.484 bits per heavy atom. The Morgan fingerprint density at radius 1 is 0.177 bits per heavy atom. The number of hydrogen-bond acceptors (Lipinski definition) is 2. The lowest BCUT2D eigenvalue weighted by Crippen LogP contribution is -1.99. The lowest BCUT2D eigenvalue weighted by Gasteiger charge is -2.25. The highest BCUT2D eigenvalue weighted by Gasteiger charge is 2.25. The second-order valence-electron chi connectivity index (χ2n) is 16.7. The van der Waals surface area contributed by atoms with E-state index in [0.29, 0.717) is 0 Å². The first-order valence-corrected chi connectivity index (χ1v) is 21.3. The van der Waals surface area contributed by atoms with Gasteiger partial charge in [0.15, 0.2) is 0 Å². The summed E-state index contributed by atoms with van der Waals surface area (Å²) >= 11 is 0. The van der Waals surface area contributed by atoms with Crippen LogP contribution >= 0.6 is 0 Å². The Morgan fingerprint density at radius 3 is 0.935 bits per heavy atom. The molecule has 2 nitrogen and oxygen atoms in total. The van der Waals surface area contributed by atoms with E-state index in [1.54, 1.807) is 0 Å². The predicted octanol–water partition coefficient (Wildman–Crippen LogP) is 17.3. The van der Waals surface area contributed by atoms with E-state index in [1.165, 1.54) is 76.8 Å². The molecular weight excluding hydrogens is 753 g/mol. The zero-order valence-corrected chi connectivity index (χ0v) is 33.4. The van der Waals surface area contributed by atoms with Crippen LogP contribution in [0.15, 0.2) is 215 Å². The molecule has 1 aliphatic rings.